The van der Waals surface area contributed by atoms with Crippen molar-refractivity contribution in [1.82, 2.24) is 9.97 Å². The van der Waals surface area contributed by atoms with Crippen molar-refractivity contribution in [3.63, 3.8) is 0 Å². The number of halogens is 1. The summed E-state index contributed by atoms with van der Waals surface area (Å²) in [6.45, 7) is 4.10. The van der Waals surface area contributed by atoms with E-state index < -0.39 is 6.03 Å². The molecular weight excluding hydrogens is 412 g/mol. The van der Waals surface area contributed by atoms with E-state index >= 15 is 0 Å². The standard InChI is InChI=1S/C24H23ClN4O2/c1-16(2)10-18-5-3-4-17(11-18)6-7-20-12-21(8-9-26-20)28-24(31)29-22-13-23(25)27-14-19(22)15-30/h3-5,8-9,11-14,16,30H,10,15H2,1-2H3,(H2,26,27,28,29,31). The Bertz CT molecular complexity index is 1140. The van der Waals surface area contributed by atoms with Gasteiger partial charge in [-0.3, -0.25) is 0 Å². The smallest absolute Gasteiger partial charge is 0.323 e. The van der Waals surface area contributed by atoms with Crippen LogP contribution in [0.25, 0.3) is 0 Å². The third kappa shape index (κ3) is 6.82. The van der Waals surface area contributed by atoms with Crippen LogP contribution in [-0.2, 0) is 13.0 Å². The Morgan fingerprint density at radius 3 is 2.74 bits per heavy atom. The maximum atomic E-state index is 12.4. The second-order valence-electron chi connectivity index (χ2n) is 7.38. The molecule has 0 spiro atoms. The van der Waals surface area contributed by atoms with Gasteiger partial charge < -0.3 is 15.7 Å². The first-order valence-electron chi connectivity index (χ1n) is 9.83. The number of amides is 2. The van der Waals surface area contributed by atoms with Crippen molar-refractivity contribution in [2.75, 3.05) is 10.6 Å². The molecule has 0 saturated carbocycles. The fourth-order valence-electron chi connectivity index (χ4n) is 2.95. The van der Waals surface area contributed by atoms with Gasteiger partial charge in [0, 0.05) is 29.2 Å². The molecule has 0 aliphatic carbocycles. The molecule has 0 bridgehead atoms. The molecule has 2 heterocycles. The summed E-state index contributed by atoms with van der Waals surface area (Å²) in [7, 11) is 0. The number of aliphatic hydroxyl groups is 1. The number of urea groups is 1. The predicted molar refractivity (Wildman–Crippen MR) is 123 cm³/mol. The molecule has 2 amide bonds. The highest BCUT2D eigenvalue weighted by Crippen LogP contribution is 2.19. The average molecular weight is 435 g/mol. The summed E-state index contributed by atoms with van der Waals surface area (Å²) in [6, 6.07) is 12.5. The highest BCUT2D eigenvalue weighted by atomic mass is 35.5. The molecule has 31 heavy (non-hydrogen) atoms. The molecular formula is C24H23ClN4O2. The summed E-state index contributed by atoms with van der Waals surface area (Å²) in [6.07, 6.45) is 3.99. The number of aromatic nitrogens is 2. The molecule has 0 aliphatic heterocycles. The summed E-state index contributed by atoms with van der Waals surface area (Å²) < 4.78 is 0. The summed E-state index contributed by atoms with van der Waals surface area (Å²) in [5.41, 5.74) is 4.09. The first-order valence-corrected chi connectivity index (χ1v) is 10.2. The van der Waals surface area contributed by atoms with Gasteiger partial charge in [0.1, 0.15) is 10.8 Å². The SMILES string of the molecule is CC(C)Cc1cccc(C#Cc2cc(NC(=O)Nc3cc(Cl)ncc3CO)ccn2)c1. The van der Waals surface area contributed by atoms with E-state index in [-0.39, 0.29) is 11.8 Å². The Morgan fingerprint density at radius 2 is 1.97 bits per heavy atom. The van der Waals surface area contributed by atoms with Gasteiger partial charge in [0.2, 0.25) is 0 Å². The molecule has 0 aliphatic rings. The normalized spacial score (nSPS) is 10.4. The highest BCUT2D eigenvalue weighted by molar-refractivity contribution is 6.29. The molecule has 6 nitrogen and oxygen atoms in total. The largest absolute Gasteiger partial charge is 0.392 e. The number of carbonyl (C=O) groups excluding carboxylic acids is 1. The maximum absolute atomic E-state index is 12.4. The van der Waals surface area contributed by atoms with Crippen molar-refractivity contribution in [3.05, 3.63) is 82.4 Å². The lowest BCUT2D eigenvalue weighted by atomic mass is 10.0. The molecule has 0 fully saturated rings. The van der Waals surface area contributed by atoms with Crippen LogP contribution in [0.2, 0.25) is 5.15 Å². The Kier molecular flexibility index (Phi) is 7.60. The zero-order valence-electron chi connectivity index (χ0n) is 17.3. The van der Waals surface area contributed by atoms with Gasteiger partial charge in [0.05, 0.1) is 12.3 Å². The van der Waals surface area contributed by atoms with Gasteiger partial charge in [-0.25, -0.2) is 14.8 Å². The first kappa shape index (κ1) is 22.3. The van der Waals surface area contributed by atoms with E-state index in [9.17, 15) is 9.90 Å². The topological polar surface area (TPSA) is 87.1 Å². The van der Waals surface area contributed by atoms with Crippen LogP contribution >= 0.6 is 11.6 Å². The average Bonchev–Trinajstić information content (AvgIpc) is 2.72. The van der Waals surface area contributed by atoms with E-state index in [2.05, 4.69) is 58.4 Å². The summed E-state index contributed by atoms with van der Waals surface area (Å²) in [5.74, 6) is 6.74. The molecule has 7 heteroatoms. The third-order valence-corrected chi connectivity index (χ3v) is 4.50. The van der Waals surface area contributed by atoms with E-state index in [0.29, 0.717) is 28.6 Å². The lowest BCUT2D eigenvalue weighted by Gasteiger charge is -2.11. The minimum absolute atomic E-state index is 0.214. The zero-order valence-corrected chi connectivity index (χ0v) is 18.1. The van der Waals surface area contributed by atoms with Crippen LogP contribution in [0, 0.1) is 17.8 Å². The number of nitrogens with one attached hydrogen (secondary N) is 2. The number of rotatable bonds is 5. The van der Waals surface area contributed by atoms with Gasteiger partial charge in [-0.1, -0.05) is 43.5 Å². The molecule has 3 aromatic rings. The fraction of sp³-hybridized carbons (Fsp3) is 0.208. The highest BCUT2D eigenvalue weighted by Gasteiger charge is 2.09. The van der Waals surface area contributed by atoms with Gasteiger partial charge >= 0.3 is 6.03 Å². The Morgan fingerprint density at radius 1 is 1.13 bits per heavy atom. The van der Waals surface area contributed by atoms with Gasteiger partial charge in [0.15, 0.2) is 0 Å². The van der Waals surface area contributed by atoms with Crippen LogP contribution in [0.3, 0.4) is 0 Å². The van der Waals surface area contributed by atoms with Crippen LogP contribution < -0.4 is 10.6 Å². The molecule has 158 valence electrons. The minimum Gasteiger partial charge on any atom is -0.392 e. The number of carbonyl (C=O) groups is 1. The van der Waals surface area contributed by atoms with Crippen LogP contribution in [0.15, 0.2) is 54.9 Å². The molecule has 3 N–H and O–H groups in total. The molecule has 0 saturated heterocycles. The second kappa shape index (κ2) is 10.6. The first-order chi connectivity index (χ1) is 14.9. The zero-order chi connectivity index (χ0) is 22.2. The number of hydrogen-bond acceptors (Lipinski definition) is 4. The van der Waals surface area contributed by atoms with Crippen LogP contribution in [0.1, 0.15) is 36.2 Å². The molecule has 1 aromatic carbocycles. The van der Waals surface area contributed by atoms with Crippen molar-refractivity contribution in [3.8, 4) is 11.8 Å². The van der Waals surface area contributed by atoms with E-state index in [1.165, 1.54) is 17.8 Å². The van der Waals surface area contributed by atoms with Gasteiger partial charge in [-0.15, -0.1) is 0 Å². The quantitative estimate of drug-likeness (QED) is 0.395. The Labute approximate surface area is 186 Å². The van der Waals surface area contributed by atoms with Crippen LogP contribution in [0.4, 0.5) is 16.2 Å². The summed E-state index contributed by atoms with van der Waals surface area (Å²) >= 11 is 5.87. The number of aliphatic hydroxyl groups excluding tert-OH is 1. The van der Waals surface area contributed by atoms with E-state index in [4.69, 9.17) is 11.6 Å². The third-order valence-electron chi connectivity index (χ3n) is 4.30. The van der Waals surface area contributed by atoms with Gasteiger partial charge in [-0.2, -0.15) is 0 Å². The molecule has 3 rings (SSSR count). The summed E-state index contributed by atoms with van der Waals surface area (Å²) in [5, 5.41) is 15.0. The van der Waals surface area contributed by atoms with E-state index in [1.54, 1.807) is 18.3 Å². The number of nitrogens with zero attached hydrogens (tertiary/aromatic N) is 2. The van der Waals surface area contributed by atoms with Crippen LogP contribution in [-0.4, -0.2) is 21.1 Å². The number of benzene rings is 1. The minimum atomic E-state index is -0.483. The van der Waals surface area contributed by atoms with Gasteiger partial charge in [0.25, 0.3) is 0 Å². The number of anilines is 2. The molecule has 2 aromatic heterocycles. The number of hydrogen-bond donors (Lipinski definition) is 3. The van der Waals surface area contributed by atoms with E-state index in [1.807, 2.05) is 12.1 Å². The predicted octanol–water partition coefficient (Wildman–Crippen LogP) is 4.86. The van der Waals surface area contributed by atoms with Crippen molar-refractivity contribution in [2.45, 2.75) is 26.9 Å². The fourth-order valence-corrected chi connectivity index (χ4v) is 3.10. The Hall–Kier alpha value is -3.40. The van der Waals surface area contributed by atoms with Gasteiger partial charge in [-0.05, 0) is 54.2 Å². The molecule has 0 unspecified atom stereocenters. The maximum Gasteiger partial charge on any atom is 0.323 e. The summed E-state index contributed by atoms with van der Waals surface area (Å²) in [4.78, 5) is 20.5. The lowest BCUT2D eigenvalue weighted by molar-refractivity contribution is 0.262. The van der Waals surface area contributed by atoms with Crippen molar-refractivity contribution < 1.29 is 9.90 Å². The van der Waals surface area contributed by atoms with Crippen LogP contribution in [0.5, 0.6) is 0 Å². The monoisotopic (exact) mass is 434 g/mol. The molecule has 0 radical (unpaired) electrons. The second-order valence-corrected chi connectivity index (χ2v) is 7.77. The lowest BCUT2D eigenvalue weighted by Crippen LogP contribution is -2.20. The Balaban J connectivity index is 1.70. The van der Waals surface area contributed by atoms with Crippen molar-refractivity contribution in [2.24, 2.45) is 5.92 Å². The molecule has 0 atom stereocenters. The number of pyridine rings is 2. The van der Waals surface area contributed by atoms with Crippen molar-refractivity contribution >= 4 is 29.0 Å². The van der Waals surface area contributed by atoms with E-state index in [0.717, 1.165) is 12.0 Å². The van der Waals surface area contributed by atoms with Crippen molar-refractivity contribution in [1.29, 1.82) is 0 Å².